The SMILES string of the molecule is Cc1ccc(OCCCC(=O)N2CCN(C)CC2)cc1. The van der Waals surface area contributed by atoms with Crippen LogP contribution in [0, 0.1) is 6.92 Å². The molecule has 2 rings (SSSR count). The lowest BCUT2D eigenvalue weighted by atomic mass is 10.2. The van der Waals surface area contributed by atoms with E-state index in [-0.39, 0.29) is 5.91 Å². The molecule has 1 heterocycles. The van der Waals surface area contributed by atoms with Gasteiger partial charge in [-0.2, -0.15) is 0 Å². The summed E-state index contributed by atoms with van der Waals surface area (Å²) in [6.45, 7) is 6.32. The van der Waals surface area contributed by atoms with E-state index >= 15 is 0 Å². The van der Waals surface area contributed by atoms with Crippen LogP contribution in [0.5, 0.6) is 5.75 Å². The summed E-state index contributed by atoms with van der Waals surface area (Å²) in [7, 11) is 2.09. The molecule has 1 amide bonds. The monoisotopic (exact) mass is 276 g/mol. The molecule has 0 atom stereocenters. The Kier molecular flexibility index (Phi) is 5.41. The molecule has 1 aromatic carbocycles. The number of hydrogen-bond donors (Lipinski definition) is 0. The molecule has 1 aliphatic heterocycles. The number of carbonyl (C=O) groups is 1. The van der Waals surface area contributed by atoms with E-state index in [0.29, 0.717) is 13.0 Å². The topological polar surface area (TPSA) is 32.8 Å². The van der Waals surface area contributed by atoms with E-state index in [9.17, 15) is 4.79 Å². The molecule has 4 nitrogen and oxygen atoms in total. The van der Waals surface area contributed by atoms with Crippen LogP contribution in [0.15, 0.2) is 24.3 Å². The van der Waals surface area contributed by atoms with Crippen molar-refractivity contribution < 1.29 is 9.53 Å². The van der Waals surface area contributed by atoms with Crippen LogP contribution in [0.2, 0.25) is 0 Å². The van der Waals surface area contributed by atoms with Gasteiger partial charge in [0.05, 0.1) is 6.61 Å². The van der Waals surface area contributed by atoms with Gasteiger partial charge in [-0.3, -0.25) is 4.79 Å². The lowest BCUT2D eigenvalue weighted by molar-refractivity contribution is -0.133. The highest BCUT2D eigenvalue weighted by atomic mass is 16.5. The molecule has 1 saturated heterocycles. The molecular weight excluding hydrogens is 252 g/mol. The number of nitrogens with zero attached hydrogens (tertiary/aromatic N) is 2. The Balaban J connectivity index is 1.63. The van der Waals surface area contributed by atoms with E-state index in [0.717, 1.165) is 38.3 Å². The first-order valence-corrected chi connectivity index (χ1v) is 7.31. The van der Waals surface area contributed by atoms with Crippen molar-refractivity contribution in [3.8, 4) is 5.75 Å². The number of ether oxygens (including phenoxy) is 1. The Labute approximate surface area is 121 Å². The second-order valence-corrected chi connectivity index (χ2v) is 5.45. The highest BCUT2D eigenvalue weighted by molar-refractivity contribution is 5.76. The minimum atomic E-state index is 0.255. The summed E-state index contributed by atoms with van der Waals surface area (Å²) in [6, 6.07) is 8.00. The molecule has 1 aromatic rings. The molecule has 1 fully saturated rings. The molecule has 20 heavy (non-hydrogen) atoms. The summed E-state index contributed by atoms with van der Waals surface area (Å²) in [5.41, 5.74) is 1.22. The summed E-state index contributed by atoms with van der Waals surface area (Å²) in [5.74, 6) is 1.13. The molecule has 0 N–H and O–H groups in total. The van der Waals surface area contributed by atoms with Crippen molar-refractivity contribution >= 4 is 5.91 Å². The number of hydrogen-bond acceptors (Lipinski definition) is 3. The quantitative estimate of drug-likeness (QED) is 0.770. The van der Waals surface area contributed by atoms with Crippen LogP contribution in [0.25, 0.3) is 0 Å². The molecule has 0 spiro atoms. The van der Waals surface area contributed by atoms with Crippen molar-refractivity contribution in [2.45, 2.75) is 19.8 Å². The van der Waals surface area contributed by atoms with Gasteiger partial charge in [0.25, 0.3) is 0 Å². The Morgan fingerprint density at radius 3 is 2.45 bits per heavy atom. The molecule has 110 valence electrons. The fourth-order valence-electron chi connectivity index (χ4n) is 2.26. The molecule has 0 bridgehead atoms. The van der Waals surface area contributed by atoms with Gasteiger partial charge in [-0.05, 0) is 32.5 Å². The third-order valence-corrected chi connectivity index (χ3v) is 3.68. The number of likely N-dealkylation sites (N-methyl/N-ethyl adjacent to an activating group) is 1. The second-order valence-electron chi connectivity index (χ2n) is 5.45. The first kappa shape index (κ1) is 14.9. The zero-order valence-electron chi connectivity index (χ0n) is 12.5. The van der Waals surface area contributed by atoms with Crippen molar-refractivity contribution in [3.63, 3.8) is 0 Å². The minimum Gasteiger partial charge on any atom is -0.494 e. The molecule has 0 unspecified atom stereocenters. The van der Waals surface area contributed by atoms with Crippen LogP contribution >= 0.6 is 0 Å². The summed E-state index contributed by atoms with van der Waals surface area (Å²) in [5, 5.41) is 0. The smallest absolute Gasteiger partial charge is 0.222 e. The predicted molar refractivity (Wildman–Crippen MR) is 80.0 cm³/mol. The van der Waals surface area contributed by atoms with Gasteiger partial charge >= 0.3 is 0 Å². The summed E-state index contributed by atoms with van der Waals surface area (Å²) < 4.78 is 5.64. The second kappa shape index (κ2) is 7.29. The van der Waals surface area contributed by atoms with E-state index in [1.165, 1.54) is 5.56 Å². The zero-order valence-corrected chi connectivity index (χ0v) is 12.5. The van der Waals surface area contributed by atoms with Gasteiger partial charge in [0.1, 0.15) is 5.75 Å². The van der Waals surface area contributed by atoms with Crippen molar-refractivity contribution in [3.05, 3.63) is 29.8 Å². The van der Waals surface area contributed by atoms with Crippen LogP contribution in [-0.2, 0) is 4.79 Å². The van der Waals surface area contributed by atoms with Gasteiger partial charge < -0.3 is 14.5 Å². The van der Waals surface area contributed by atoms with E-state index in [4.69, 9.17) is 4.74 Å². The lowest BCUT2D eigenvalue weighted by Crippen LogP contribution is -2.47. The Hall–Kier alpha value is -1.55. The van der Waals surface area contributed by atoms with Crippen molar-refractivity contribution in [2.24, 2.45) is 0 Å². The van der Waals surface area contributed by atoms with E-state index in [1.807, 2.05) is 29.2 Å². The molecule has 4 heteroatoms. The number of carbonyl (C=O) groups excluding carboxylic acids is 1. The fourth-order valence-corrected chi connectivity index (χ4v) is 2.26. The molecule has 0 radical (unpaired) electrons. The third-order valence-electron chi connectivity index (χ3n) is 3.68. The minimum absolute atomic E-state index is 0.255. The first-order chi connectivity index (χ1) is 9.65. The molecular formula is C16H24N2O2. The van der Waals surface area contributed by atoms with Crippen LogP contribution in [0.1, 0.15) is 18.4 Å². The average molecular weight is 276 g/mol. The largest absolute Gasteiger partial charge is 0.494 e. The van der Waals surface area contributed by atoms with Gasteiger partial charge in [-0.25, -0.2) is 0 Å². The highest BCUT2D eigenvalue weighted by Gasteiger charge is 2.18. The number of piperazine rings is 1. The number of rotatable bonds is 5. The third kappa shape index (κ3) is 4.53. The number of aryl methyl sites for hydroxylation is 1. The van der Waals surface area contributed by atoms with Gasteiger partial charge in [0.2, 0.25) is 5.91 Å². The molecule has 0 saturated carbocycles. The maximum atomic E-state index is 12.0. The first-order valence-electron chi connectivity index (χ1n) is 7.31. The summed E-state index contributed by atoms with van der Waals surface area (Å²) in [4.78, 5) is 16.2. The van der Waals surface area contributed by atoms with Crippen LogP contribution in [-0.4, -0.2) is 55.5 Å². The van der Waals surface area contributed by atoms with Crippen molar-refractivity contribution in [2.75, 3.05) is 39.8 Å². The van der Waals surface area contributed by atoms with Gasteiger partial charge in [-0.15, -0.1) is 0 Å². The molecule has 0 aromatic heterocycles. The molecule has 1 aliphatic rings. The fraction of sp³-hybridized carbons (Fsp3) is 0.562. The Bertz CT molecular complexity index is 423. The summed E-state index contributed by atoms with van der Waals surface area (Å²) >= 11 is 0. The van der Waals surface area contributed by atoms with Gasteiger partial charge in [-0.1, -0.05) is 17.7 Å². The summed E-state index contributed by atoms with van der Waals surface area (Å²) in [6.07, 6.45) is 1.36. The molecule has 0 aliphatic carbocycles. The van der Waals surface area contributed by atoms with Crippen molar-refractivity contribution in [1.29, 1.82) is 0 Å². The van der Waals surface area contributed by atoms with E-state index < -0.39 is 0 Å². The number of amides is 1. The lowest BCUT2D eigenvalue weighted by Gasteiger charge is -2.32. The maximum Gasteiger partial charge on any atom is 0.222 e. The Morgan fingerprint density at radius 2 is 1.80 bits per heavy atom. The van der Waals surface area contributed by atoms with Crippen LogP contribution in [0.4, 0.5) is 0 Å². The number of benzene rings is 1. The maximum absolute atomic E-state index is 12.0. The van der Waals surface area contributed by atoms with Gasteiger partial charge in [0.15, 0.2) is 0 Å². The normalized spacial score (nSPS) is 16.2. The van der Waals surface area contributed by atoms with Crippen LogP contribution < -0.4 is 4.74 Å². The van der Waals surface area contributed by atoms with Crippen LogP contribution in [0.3, 0.4) is 0 Å². The van der Waals surface area contributed by atoms with Crippen molar-refractivity contribution in [1.82, 2.24) is 9.80 Å². The van der Waals surface area contributed by atoms with E-state index in [1.54, 1.807) is 0 Å². The van der Waals surface area contributed by atoms with Gasteiger partial charge in [0, 0.05) is 32.6 Å². The Morgan fingerprint density at radius 1 is 1.15 bits per heavy atom. The van der Waals surface area contributed by atoms with E-state index in [2.05, 4.69) is 18.9 Å². The standard InChI is InChI=1S/C16H24N2O2/c1-14-5-7-15(8-6-14)20-13-3-4-16(19)18-11-9-17(2)10-12-18/h5-8H,3-4,9-13H2,1-2H3. The predicted octanol–water partition coefficient (Wildman–Crippen LogP) is 1.93. The average Bonchev–Trinajstić information content (AvgIpc) is 2.46. The highest BCUT2D eigenvalue weighted by Crippen LogP contribution is 2.12. The zero-order chi connectivity index (χ0) is 14.4.